The van der Waals surface area contributed by atoms with E-state index < -0.39 is 0 Å². The summed E-state index contributed by atoms with van der Waals surface area (Å²) in [6.45, 7) is 0. The van der Waals surface area contributed by atoms with Crippen molar-refractivity contribution in [2.75, 3.05) is 0 Å². The van der Waals surface area contributed by atoms with Crippen LogP contribution in [-0.4, -0.2) is 48.4 Å². The Kier molecular flexibility index (Phi) is 0.927. The lowest BCUT2D eigenvalue weighted by atomic mass is 11.9. The highest BCUT2D eigenvalue weighted by atomic mass is 30.4. The molecule has 3 aliphatic heterocycles. The molecule has 0 saturated carbocycles. The SMILES string of the molecule is C1[SiH2][SiH]2[SiH]1[SiH]1[SiH2]C[SiH]21. The van der Waals surface area contributed by atoms with E-state index in [0.29, 0.717) is 30.4 Å². The molecule has 3 aliphatic rings. The lowest BCUT2D eigenvalue weighted by Crippen LogP contribution is -2.93. The molecule has 0 unspecified atom stereocenters. The van der Waals surface area contributed by atoms with Gasteiger partial charge < -0.3 is 0 Å². The molecule has 0 bridgehead atoms. The first kappa shape index (κ1) is 5.02. The zero-order valence-electron chi connectivity index (χ0n) is 5.14. The average molecular weight is 205 g/mol. The topological polar surface area (TPSA) is 0 Å². The fraction of sp³-hybridized carbons (Fsp3) is 1.00. The highest BCUT2D eigenvalue weighted by Crippen LogP contribution is 2.34. The Morgan fingerprint density at radius 3 is 1.50 bits per heavy atom. The second-order valence-electron chi connectivity index (χ2n) is 3.81. The minimum Gasteiger partial charge on any atom is -0.0766 e. The molecule has 0 N–H and O–H groups in total. The molecule has 0 nitrogen and oxygen atoms in total. The molecule has 0 aromatic carbocycles. The van der Waals surface area contributed by atoms with Crippen LogP contribution in [0.3, 0.4) is 0 Å². The smallest absolute Gasteiger partial charge is 0.00511 e. The van der Waals surface area contributed by atoms with Crippen molar-refractivity contribution in [1.82, 2.24) is 0 Å². The molecule has 0 atom stereocenters. The first-order chi connectivity index (χ1) is 3.97. The normalized spacial score (nSPS) is 72.0. The first-order valence-electron chi connectivity index (χ1n) is 3.97. The van der Waals surface area contributed by atoms with Crippen LogP contribution in [0.5, 0.6) is 0 Å². The summed E-state index contributed by atoms with van der Waals surface area (Å²) in [4.78, 5) is 0. The van der Waals surface area contributed by atoms with E-state index in [1.807, 2.05) is 0 Å². The highest BCUT2D eigenvalue weighted by Gasteiger charge is 2.61. The molecule has 3 fully saturated rings. The van der Waals surface area contributed by atoms with Crippen LogP contribution in [-0.2, 0) is 0 Å². The zero-order chi connectivity index (χ0) is 5.14. The van der Waals surface area contributed by atoms with Gasteiger partial charge in [-0.1, -0.05) is 11.3 Å². The molecule has 6 heteroatoms. The van der Waals surface area contributed by atoms with Crippen molar-refractivity contribution in [3.05, 3.63) is 0 Å². The number of hydrogen-bond acceptors (Lipinski definition) is 0. The molecule has 8 heavy (non-hydrogen) atoms. The summed E-state index contributed by atoms with van der Waals surface area (Å²) in [6.07, 6.45) is 0. The molecule has 0 aliphatic carbocycles. The Morgan fingerprint density at radius 1 is 0.875 bits per heavy atom. The van der Waals surface area contributed by atoms with Gasteiger partial charge in [0, 0.05) is 48.4 Å². The van der Waals surface area contributed by atoms with Crippen molar-refractivity contribution in [2.45, 2.75) is 11.3 Å². The molecule has 44 valence electrons. The van der Waals surface area contributed by atoms with Crippen molar-refractivity contribution >= 4 is 48.4 Å². The van der Waals surface area contributed by atoms with Crippen LogP contribution in [0.15, 0.2) is 0 Å². The van der Waals surface area contributed by atoms with Gasteiger partial charge in [-0.15, -0.1) is 0 Å². The van der Waals surface area contributed by atoms with E-state index >= 15 is 0 Å². The molecular weight excluding hydrogens is 193 g/mol. The maximum atomic E-state index is 2.06. The monoisotopic (exact) mass is 204 g/mol. The molecule has 0 amide bonds. The van der Waals surface area contributed by atoms with E-state index in [0.717, 1.165) is 18.1 Å². The first-order valence-corrected chi connectivity index (χ1v) is 24.8. The molecule has 0 radical (unpaired) electrons. The van der Waals surface area contributed by atoms with Crippen LogP contribution in [0.1, 0.15) is 0 Å². The van der Waals surface area contributed by atoms with Crippen molar-refractivity contribution in [3.8, 4) is 0 Å². The third-order valence-electron chi connectivity index (χ3n) is 3.87. The van der Waals surface area contributed by atoms with E-state index in [4.69, 9.17) is 0 Å². The van der Waals surface area contributed by atoms with E-state index in [1.54, 1.807) is 0 Å². The standard InChI is InChI=1S/C2H12Si6/c1-3-7-5(1)8-4-2-6(7)8/h5-8H,1-4H2. The van der Waals surface area contributed by atoms with E-state index in [2.05, 4.69) is 11.3 Å². The van der Waals surface area contributed by atoms with Gasteiger partial charge in [-0.2, -0.15) is 0 Å². The van der Waals surface area contributed by atoms with Crippen molar-refractivity contribution in [3.63, 3.8) is 0 Å². The maximum absolute atomic E-state index is 2.06. The molecule has 0 spiro atoms. The average Bonchev–Trinajstić information content (AvgIpc) is 1.70. The van der Waals surface area contributed by atoms with Gasteiger partial charge in [0.05, 0.1) is 0 Å². The quantitative estimate of drug-likeness (QED) is 0.359. The Bertz CT molecular complexity index is 94.5. The maximum Gasteiger partial charge on any atom is 0.00511 e. The van der Waals surface area contributed by atoms with Crippen LogP contribution < -0.4 is 0 Å². The number of rotatable bonds is 0. The van der Waals surface area contributed by atoms with Crippen molar-refractivity contribution in [2.24, 2.45) is 0 Å². The molecular formula is C2H12Si6. The predicted molar refractivity (Wildman–Crippen MR) is 55.3 cm³/mol. The summed E-state index contributed by atoms with van der Waals surface area (Å²) < 4.78 is 0. The summed E-state index contributed by atoms with van der Waals surface area (Å²) in [5, 5.41) is 0. The molecule has 3 heterocycles. The summed E-state index contributed by atoms with van der Waals surface area (Å²) in [5.74, 6) is 0. The summed E-state index contributed by atoms with van der Waals surface area (Å²) >= 11 is 0. The Balaban J connectivity index is 1.87. The fourth-order valence-electron chi connectivity index (χ4n) is 3.08. The van der Waals surface area contributed by atoms with Crippen LogP contribution >= 0.6 is 0 Å². The van der Waals surface area contributed by atoms with Gasteiger partial charge in [0.25, 0.3) is 0 Å². The van der Waals surface area contributed by atoms with Gasteiger partial charge in [-0.05, 0) is 0 Å². The van der Waals surface area contributed by atoms with Crippen LogP contribution in [0.2, 0.25) is 11.3 Å². The van der Waals surface area contributed by atoms with Crippen molar-refractivity contribution in [1.29, 1.82) is 0 Å². The second-order valence-corrected chi connectivity index (χ2v) is 65.1. The van der Waals surface area contributed by atoms with Gasteiger partial charge in [0.2, 0.25) is 0 Å². The Hall–Kier alpha value is 1.30. The van der Waals surface area contributed by atoms with E-state index in [-0.39, 0.29) is 0 Å². The summed E-state index contributed by atoms with van der Waals surface area (Å²) in [5.41, 5.74) is 4.12. The van der Waals surface area contributed by atoms with Gasteiger partial charge in [0.1, 0.15) is 0 Å². The minimum atomic E-state index is 0.515. The number of hydrogen-bond donors (Lipinski definition) is 0. The van der Waals surface area contributed by atoms with Crippen LogP contribution in [0, 0.1) is 0 Å². The summed E-state index contributed by atoms with van der Waals surface area (Å²) in [7, 11) is 3.88. The lowest BCUT2D eigenvalue weighted by molar-refractivity contribution is 1.93. The van der Waals surface area contributed by atoms with Gasteiger partial charge in [-0.25, -0.2) is 0 Å². The molecule has 3 rings (SSSR count). The van der Waals surface area contributed by atoms with Crippen molar-refractivity contribution < 1.29 is 0 Å². The number of fused-ring (bicyclic) bond motifs is 4. The summed E-state index contributed by atoms with van der Waals surface area (Å²) in [6, 6.07) is 0. The third kappa shape index (κ3) is 0.389. The fourth-order valence-corrected chi connectivity index (χ4v) is 291. The van der Waals surface area contributed by atoms with Crippen LogP contribution in [0.4, 0.5) is 0 Å². The second kappa shape index (κ2) is 1.48. The largest absolute Gasteiger partial charge is 0.0766 e. The predicted octanol–water partition coefficient (Wildman–Crippen LogP) is -3.50. The zero-order valence-corrected chi connectivity index (χ0v) is 12.6. The van der Waals surface area contributed by atoms with Gasteiger partial charge in [-0.3, -0.25) is 0 Å². The highest BCUT2D eigenvalue weighted by molar-refractivity contribution is 8.17. The van der Waals surface area contributed by atoms with Crippen LogP contribution in [0.25, 0.3) is 0 Å². The Morgan fingerprint density at radius 2 is 1.38 bits per heavy atom. The minimum absolute atomic E-state index is 0.515. The lowest BCUT2D eigenvalue weighted by Gasteiger charge is -2.62. The van der Waals surface area contributed by atoms with E-state index in [1.165, 1.54) is 0 Å². The molecule has 0 aromatic heterocycles. The van der Waals surface area contributed by atoms with Gasteiger partial charge >= 0.3 is 0 Å². The molecule has 0 aromatic rings. The molecule has 3 saturated heterocycles. The van der Waals surface area contributed by atoms with Gasteiger partial charge in [0.15, 0.2) is 0 Å². The third-order valence-corrected chi connectivity index (χ3v) is 158. The Labute approximate surface area is 59.9 Å². The van der Waals surface area contributed by atoms with E-state index in [9.17, 15) is 0 Å².